The van der Waals surface area contributed by atoms with Gasteiger partial charge in [0.1, 0.15) is 0 Å². The number of rotatable bonds is 3. The van der Waals surface area contributed by atoms with Crippen LogP contribution < -0.4 is 0 Å². The summed E-state index contributed by atoms with van der Waals surface area (Å²) in [5.41, 5.74) is 3.61. The lowest BCUT2D eigenvalue weighted by molar-refractivity contribution is 0.0778. The topological polar surface area (TPSA) is 33.2 Å². The summed E-state index contributed by atoms with van der Waals surface area (Å²) in [6, 6.07) is 8.08. The Morgan fingerprint density at radius 3 is 2.60 bits per heavy atom. The first-order valence-corrected chi connectivity index (χ1v) is 7.02. The molecule has 2 aromatic rings. The summed E-state index contributed by atoms with van der Waals surface area (Å²) < 4.78 is 0. The summed E-state index contributed by atoms with van der Waals surface area (Å²) in [6.45, 7) is 8.92. The first-order chi connectivity index (χ1) is 9.38. The molecule has 0 N–H and O–H groups in total. The molecule has 3 heteroatoms. The number of aromatic nitrogens is 1. The van der Waals surface area contributed by atoms with Crippen molar-refractivity contribution in [2.75, 3.05) is 13.6 Å². The van der Waals surface area contributed by atoms with E-state index in [9.17, 15) is 4.79 Å². The average Bonchev–Trinajstić information content (AvgIpc) is 2.36. The minimum absolute atomic E-state index is 0.0482. The number of carbonyl (C=O) groups is 1. The molecule has 0 aliphatic carbocycles. The predicted molar refractivity (Wildman–Crippen MR) is 83.0 cm³/mol. The highest BCUT2D eigenvalue weighted by Crippen LogP contribution is 2.19. The van der Waals surface area contributed by atoms with Gasteiger partial charge in [-0.1, -0.05) is 25.5 Å². The number of fused-ring (bicyclic) bond motifs is 1. The summed E-state index contributed by atoms with van der Waals surface area (Å²) in [4.78, 5) is 18.8. The van der Waals surface area contributed by atoms with E-state index < -0.39 is 0 Å². The number of nitrogens with zero attached hydrogens (tertiary/aromatic N) is 2. The molecule has 0 spiro atoms. The lowest BCUT2D eigenvalue weighted by Gasteiger charge is -2.20. The van der Waals surface area contributed by atoms with E-state index in [1.54, 1.807) is 4.90 Å². The largest absolute Gasteiger partial charge is 0.341 e. The van der Waals surface area contributed by atoms with Crippen molar-refractivity contribution in [1.29, 1.82) is 0 Å². The van der Waals surface area contributed by atoms with Gasteiger partial charge in [0.05, 0.1) is 16.8 Å². The molecule has 0 fully saturated rings. The van der Waals surface area contributed by atoms with E-state index in [4.69, 9.17) is 0 Å². The van der Waals surface area contributed by atoms with E-state index in [0.717, 1.165) is 23.1 Å². The zero-order chi connectivity index (χ0) is 14.9. The minimum atomic E-state index is 0.0482. The number of benzene rings is 1. The fourth-order valence-electron chi connectivity index (χ4n) is 2.44. The molecule has 106 valence electrons. The van der Waals surface area contributed by atoms with E-state index in [1.807, 2.05) is 39.1 Å². The van der Waals surface area contributed by atoms with Crippen LogP contribution in [-0.2, 0) is 0 Å². The van der Waals surface area contributed by atoms with Gasteiger partial charge in [-0.3, -0.25) is 9.78 Å². The monoisotopic (exact) mass is 270 g/mol. The van der Waals surface area contributed by atoms with Gasteiger partial charge in [-0.15, -0.1) is 0 Å². The number of carbonyl (C=O) groups excluding carboxylic acids is 1. The van der Waals surface area contributed by atoms with Gasteiger partial charge in [-0.2, -0.15) is 0 Å². The molecule has 2 rings (SSSR count). The highest BCUT2D eigenvalue weighted by Gasteiger charge is 2.16. The second-order valence-electron chi connectivity index (χ2n) is 5.90. The van der Waals surface area contributed by atoms with Crippen LogP contribution in [0, 0.1) is 19.8 Å². The van der Waals surface area contributed by atoms with E-state index in [-0.39, 0.29) is 5.91 Å². The Kier molecular flexibility index (Phi) is 4.07. The fourth-order valence-corrected chi connectivity index (χ4v) is 2.44. The standard InChI is InChI=1S/C17H22N2O/c1-11(2)10-19(5)17(20)15-9-14-8-12(3)6-7-16(14)18-13(15)4/h6-9,11H,10H2,1-5H3. The summed E-state index contributed by atoms with van der Waals surface area (Å²) >= 11 is 0. The van der Waals surface area contributed by atoms with Crippen LogP contribution in [0.3, 0.4) is 0 Å². The van der Waals surface area contributed by atoms with Crippen molar-refractivity contribution in [2.24, 2.45) is 5.92 Å². The van der Waals surface area contributed by atoms with E-state index in [1.165, 1.54) is 5.56 Å². The molecule has 0 bridgehead atoms. The molecule has 0 unspecified atom stereocenters. The molecule has 0 saturated carbocycles. The zero-order valence-corrected chi connectivity index (χ0v) is 12.9. The van der Waals surface area contributed by atoms with Gasteiger partial charge in [0.2, 0.25) is 0 Å². The van der Waals surface area contributed by atoms with Crippen LogP contribution in [0.1, 0.15) is 35.5 Å². The van der Waals surface area contributed by atoms with Crippen LogP contribution in [0.4, 0.5) is 0 Å². The first-order valence-electron chi connectivity index (χ1n) is 7.02. The van der Waals surface area contributed by atoms with Crippen LogP contribution in [0.25, 0.3) is 10.9 Å². The molecule has 0 aliphatic heterocycles. The van der Waals surface area contributed by atoms with Crippen LogP contribution in [-0.4, -0.2) is 29.4 Å². The van der Waals surface area contributed by atoms with Crippen molar-refractivity contribution in [3.8, 4) is 0 Å². The smallest absolute Gasteiger partial charge is 0.255 e. The van der Waals surface area contributed by atoms with Gasteiger partial charge in [0.25, 0.3) is 5.91 Å². The second-order valence-corrected chi connectivity index (χ2v) is 5.90. The maximum atomic E-state index is 12.5. The molecule has 1 heterocycles. The summed E-state index contributed by atoms with van der Waals surface area (Å²) in [6.07, 6.45) is 0. The maximum Gasteiger partial charge on any atom is 0.255 e. The third-order valence-electron chi connectivity index (χ3n) is 3.38. The normalized spacial score (nSPS) is 11.1. The minimum Gasteiger partial charge on any atom is -0.341 e. The quantitative estimate of drug-likeness (QED) is 0.854. The van der Waals surface area contributed by atoms with E-state index in [0.29, 0.717) is 11.5 Å². The number of aryl methyl sites for hydroxylation is 2. The Morgan fingerprint density at radius 1 is 1.25 bits per heavy atom. The van der Waals surface area contributed by atoms with Crippen molar-refractivity contribution in [3.63, 3.8) is 0 Å². The Bertz CT molecular complexity index is 647. The predicted octanol–water partition coefficient (Wildman–Crippen LogP) is 3.58. The third-order valence-corrected chi connectivity index (χ3v) is 3.38. The zero-order valence-electron chi connectivity index (χ0n) is 12.9. The van der Waals surface area contributed by atoms with Crippen LogP contribution in [0.5, 0.6) is 0 Å². The summed E-state index contributed by atoms with van der Waals surface area (Å²) in [5, 5.41) is 1.02. The van der Waals surface area contributed by atoms with Crippen molar-refractivity contribution < 1.29 is 4.79 Å². The van der Waals surface area contributed by atoms with E-state index >= 15 is 0 Å². The fraction of sp³-hybridized carbons (Fsp3) is 0.412. The molecule has 0 saturated heterocycles. The molecule has 0 aliphatic rings. The van der Waals surface area contributed by atoms with E-state index in [2.05, 4.69) is 24.9 Å². The Balaban J connectivity index is 2.43. The van der Waals surface area contributed by atoms with Gasteiger partial charge >= 0.3 is 0 Å². The molecule has 1 aromatic carbocycles. The van der Waals surface area contributed by atoms with Gasteiger partial charge < -0.3 is 4.90 Å². The van der Waals surface area contributed by atoms with Crippen molar-refractivity contribution >= 4 is 16.8 Å². The van der Waals surface area contributed by atoms with Crippen molar-refractivity contribution in [2.45, 2.75) is 27.7 Å². The lowest BCUT2D eigenvalue weighted by atomic mass is 10.1. The lowest BCUT2D eigenvalue weighted by Crippen LogP contribution is -2.30. The number of hydrogen-bond donors (Lipinski definition) is 0. The highest BCUT2D eigenvalue weighted by atomic mass is 16.2. The van der Waals surface area contributed by atoms with Crippen LogP contribution in [0.15, 0.2) is 24.3 Å². The molecule has 20 heavy (non-hydrogen) atoms. The first kappa shape index (κ1) is 14.5. The summed E-state index contributed by atoms with van der Waals surface area (Å²) in [7, 11) is 1.85. The SMILES string of the molecule is Cc1ccc2nc(C)c(C(=O)N(C)CC(C)C)cc2c1. The second kappa shape index (κ2) is 5.61. The molecule has 1 amide bonds. The van der Waals surface area contributed by atoms with Crippen molar-refractivity contribution in [3.05, 3.63) is 41.1 Å². The molecular weight excluding hydrogens is 248 g/mol. The molecule has 0 radical (unpaired) electrons. The number of pyridine rings is 1. The molecule has 1 aromatic heterocycles. The highest BCUT2D eigenvalue weighted by molar-refractivity contribution is 5.98. The Labute approximate surface area is 120 Å². The van der Waals surface area contributed by atoms with Gasteiger partial charge in [-0.25, -0.2) is 0 Å². The maximum absolute atomic E-state index is 12.5. The third kappa shape index (κ3) is 2.98. The molecule has 3 nitrogen and oxygen atoms in total. The van der Waals surface area contributed by atoms with Crippen LogP contribution in [0.2, 0.25) is 0 Å². The van der Waals surface area contributed by atoms with Gasteiger partial charge in [-0.05, 0) is 38.0 Å². The number of hydrogen-bond acceptors (Lipinski definition) is 2. The van der Waals surface area contributed by atoms with Gasteiger partial charge in [0.15, 0.2) is 0 Å². The Hall–Kier alpha value is -1.90. The van der Waals surface area contributed by atoms with Crippen LogP contribution >= 0.6 is 0 Å². The van der Waals surface area contributed by atoms with Crippen molar-refractivity contribution in [1.82, 2.24) is 9.88 Å². The number of amides is 1. The Morgan fingerprint density at radius 2 is 1.95 bits per heavy atom. The molecular formula is C17H22N2O. The molecule has 0 atom stereocenters. The average molecular weight is 270 g/mol. The van der Waals surface area contributed by atoms with Gasteiger partial charge in [0, 0.05) is 19.0 Å². The summed E-state index contributed by atoms with van der Waals surface area (Å²) in [5.74, 6) is 0.507.